The predicted molar refractivity (Wildman–Crippen MR) is 75.7 cm³/mol. The zero-order valence-electron chi connectivity index (χ0n) is 12.0. The molecule has 0 unspecified atom stereocenters. The van der Waals surface area contributed by atoms with E-state index in [0.717, 1.165) is 24.4 Å². The van der Waals surface area contributed by atoms with Crippen molar-refractivity contribution >= 4 is 11.5 Å². The number of rotatable bonds is 6. The molecule has 0 saturated carbocycles. The van der Waals surface area contributed by atoms with E-state index in [-0.39, 0.29) is 5.78 Å². The standard InChI is InChI=1S/C15H23NO2/c1-11-9-12(2)15(14(10-11)18-5)16(4)8-6-7-13(3)17/h9-10H,6-8H2,1-5H3. The molecule has 1 aromatic carbocycles. The van der Waals surface area contributed by atoms with E-state index in [1.807, 2.05) is 13.1 Å². The minimum absolute atomic E-state index is 0.246. The number of ether oxygens (including phenoxy) is 1. The highest BCUT2D eigenvalue weighted by Crippen LogP contribution is 2.32. The number of carbonyl (C=O) groups is 1. The van der Waals surface area contributed by atoms with Gasteiger partial charge in [0.15, 0.2) is 0 Å². The third kappa shape index (κ3) is 3.76. The Labute approximate surface area is 110 Å². The van der Waals surface area contributed by atoms with Gasteiger partial charge in [0, 0.05) is 20.0 Å². The number of hydrogen-bond acceptors (Lipinski definition) is 3. The Morgan fingerprint density at radius 1 is 1.33 bits per heavy atom. The normalized spacial score (nSPS) is 10.3. The van der Waals surface area contributed by atoms with E-state index < -0.39 is 0 Å². The molecule has 0 atom stereocenters. The van der Waals surface area contributed by atoms with E-state index in [9.17, 15) is 4.79 Å². The Morgan fingerprint density at radius 3 is 2.56 bits per heavy atom. The van der Waals surface area contributed by atoms with Crippen LogP contribution in [0.25, 0.3) is 0 Å². The maximum atomic E-state index is 11.0. The highest BCUT2D eigenvalue weighted by Gasteiger charge is 2.12. The van der Waals surface area contributed by atoms with E-state index in [4.69, 9.17) is 4.74 Å². The monoisotopic (exact) mass is 249 g/mol. The summed E-state index contributed by atoms with van der Waals surface area (Å²) >= 11 is 0. The van der Waals surface area contributed by atoms with Crippen molar-refractivity contribution in [1.82, 2.24) is 0 Å². The van der Waals surface area contributed by atoms with Crippen LogP contribution in [-0.4, -0.2) is 26.5 Å². The summed E-state index contributed by atoms with van der Waals surface area (Å²) in [5.41, 5.74) is 3.52. The largest absolute Gasteiger partial charge is 0.495 e. The molecule has 0 bridgehead atoms. The summed E-state index contributed by atoms with van der Waals surface area (Å²) in [4.78, 5) is 13.1. The summed E-state index contributed by atoms with van der Waals surface area (Å²) in [5.74, 6) is 1.15. The van der Waals surface area contributed by atoms with Gasteiger partial charge >= 0.3 is 0 Å². The third-order valence-electron chi connectivity index (χ3n) is 3.03. The molecule has 1 rings (SSSR count). The number of ketones is 1. The molecule has 0 saturated heterocycles. The smallest absolute Gasteiger partial charge is 0.142 e. The van der Waals surface area contributed by atoms with Crippen molar-refractivity contribution in [2.45, 2.75) is 33.6 Å². The van der Waals surface area contributed by atoms with Crippen LogP contribution in [0.1, 0.15) is 30.9 Å². The molecular formula is C15H23NO2. The average Bonchev–Trinajstić information content (AvgIpc) is 2.26. The van der Waals surface area contributed by atoms with Gasteiger partial charge in [0.05, 0.1) is 12.8 Å². The molecule has 3 nitrogen and oxygen atoms in total. The molecule has 0 N–H and O–H groups in total. The van der Waals surface area contributed by atoms with Crippen molar-refractivity contribution < 1.29 is 9.53 Å². The van der Waals surface area contributed by atoms with Crippen molar-refractivity contribution in [2.75, 3.05) is 25.6 Å². The number of carbonyl (C=O) groups excluding carboxylic acids is 1. The fraction of sp³-hybridized carbons (Fsp3) is 0.533. The van der Waals surface area contributed by atoms with Crippen LogP contribution in [0.2, 0.25) is 0 Å². The molecule has 0 radical (unpaired) electrons. The topological polar surface area (TPSA) is 29.5 Å². The Kier molecular flexibility index (Phi) is 5.20. The molecule has 3 heteroatoms. The maximum Gasteiger partial charge on any atom is 0.142 e. The van der Waals surface area contributed by atoms with Gasteiger partial charge in [0.1, 0.15) is 11.5 Å². The highest BCUT2D eigenvalue weighted by atomic mass is 16.5. The lowest BCUT2D eigenvalue weighted by atomic mass is 10.1. The summed E-state index contributed by atoms with van der Waals surface area (Å²) in [6.45, 7) is 6.65. The first-order valence-corrected chi connectivity index (χ1v) is 6.31. The van der Waals surface area contributed by atoms with Crippen molar-refractivity contribution in [2.24, 2.45) is 0 Å². The Bertz CT molecular complexity index is 427. The van der Waals surface area contributed by atoms with Gasteiger partial charge in [-0.2, -0.15) is 0 Å². The zero-order chi connectivity index (χ0) is 13.7. The second-order valence-corrected chi connectivity index (χ2v) is 4.86. The fourth-order valence-corrected chi connectivity index (χ4v) is 2.24. The van der Waals surface area contributed by atoms with Gasteiger partial charge in [-0.05, 0) is 44.4 Å². The predicted octanol–water partition coefficient (Wildman–Crippen LogP) is 3.12. The summed E-state index contributed by atoms with van der Waals surface area (Å²) in [7, 11) is 3.74. The van der Waals surface area contributed by atoms with E-state index >= 15 is 0 Å². The van der Waals surface area contributed by atoms with Gasteiger partial charge in [0.2, 0.25) is 0 Å². The number of aryl methyl sites for hydroxylation is 2. The van der Waals surface area contributed by atoms with Gasteiger partial charge in [0.25, 0.3) is 0 Å². The highest BCUT2D eigenvalue weighted by molar-refractivity contribution is 5.75. The van der Waals surface area contributed by atoms with Crippen LogP contribution >= 0.6 is 0 Å². The molecule has 0 aliphatic rings. The van der Waals surface area contributed by atoms with E-state index in [1.165, 1.54) is 11.1 Å². The summed E-state index contributed by atoms with van der Waals surface area (Å²) in [5, 5.41) is 0. The molecule has 0 amide bonds. The molecule has 1 aromatic rings. The minimum Gasteiger partial charge on any atom is -0.495 e. The lowest BCUT2D eigenvalue weighted by Gasteiger charge is -2.24. The van der Waals surface area contributed by atoms with Crippen molar-refractivity contribution in [3.8, 4) is 5.75 Å². The van der Waals surface area contributed by atoms with Crippen molar-refractivity contribution in [3.05, 3.63) is 23.3 Å². The SMILES string of the molecule is COc1cc(C)cc(C)c1N(C)CCCC(C)=O. The second kappa shape index (κ2) is 6.43. The van der Waals surface area contributed by atoms with Crippen LogP contribution in [0.5, 0.6) is 5.75 Å². The van der Waals surface area contributed by atoms with Crippen LogP contribution in [0.4, 0.5) is 5.69 Å². The van der Waals surface area contributed by atoms with Gasteiger partial charge in [-0.15, -0.1) is 0 Å². The first kappa shape index (κ1) is 14.6. The summed E-state index contributed by atoms with van der Waals surface area (Å²) in [6, 6.07) is 4.20. The number of benzene rings is 1. The Hall–Kier alpha value is -1.51. The molecule has 0 fully saturated rings. The second-order valence-electron chi connectivity index (χ2n) is 4.86. The molecule has 0 heterocycles. The number of methoxy groups -OCH3 is 1. The Balaban J connectivity index is 2.84. The number of Topliss-reactive ketones (excluding diaryl/α,β-unsaturated/α-hetero) is 1. The number of hydrogen-bond donors (Lipinski definition) is 0. The minimum atomic E-state index is 0.246. The van der Waals surface area contributed by atoms with Crippen LogP contribution in [0, 0.1) is 13.8 Å². The summed E-state index contributed by atoms with van der Waals surface area (Å²) < 4.78 is 5.45. The molecule has 18 heavy (non-hydrogen) atoms. The molecule has 0 spiro atoms. The lowest BCUT2D eigenvalue weighted by Crippen LogP contribution is -2.20. The molecule has 0 aromatic heterocycles. The third-order valence-corrected chi connectivity index (χ3v) is 3.03. The van der Waals surface area contributed by atoms with Crippen LogP contribution < -0.4 is 9.64 Å². The number of nitrogens with zero attached hydrogens (tertiary/aromatic N) is 1. The molecular weight excluding hydrogens is 226 g/mol. The quantitative estimate of drug-likeness (QED) is 0.775. The molecule has 0 aliphatic heterocycles. The van der Waals surface area contributed by atoms with Gasteiger partial charge in [-0.1, -0.05) is 6.07 Å². The van der Waals surface area contributed by atoms with Crippen LogP contribution in [0.15, 0.2) is 12.1 Å². The molecule has 100 valence electrons. The van der Waals surface area contributed by atoms with Crippen LogP contribution in [0.3, 0.4) is 0 Å². The zero-order valence-corrected chi connectivity index (χ0v) is 12.0. The van der Waals surface area contributed by atoms with E-state index in [0.29, 0.717) is 6.42 Å². The van der Waals surface area contributed by atoms with Crippen molar-refractivity contribution in [3.63, 3.8) is 0 Å². The first-order valence-electron chi connectivity index (χ1n) is 6.31. The Morgan fingerprint density at radius 2 is 2.00 bits per heavy atom. The van der Waals surface area contributed by atoms with E-state index in [2.05, 4.69) is 24.8 Å². The maximum absolute atomic E-state index is 11.0. The first-order chi connectivity index (χ1) is 8.45. The lowest BCUT2D eigenvalue weighted by molar-refractivity contribution is -0.117. The van der Waals surface area contributed by atoms with Crippen molar-refractivity contribution in [1.29, 1.82) is 0 Å². The van der Waals surface area contributed by atoms with Gasteiger partial charge < -0.3 is 14.4 Å². The fourth-order valence-electron chi connectivity index (χ4n) is 2.24. The van der Waals surface area contributed by atoms with E-state index in [1.54, 1.807) is 14.0 Å². The summed E-state index contributed by atoms with van der Waals surface area (Å²) in [6.07, 6.45) is 1.51. The number of anilines is 1. The average molecular weight is 249 g/mol. The van der Waals surface area contributed by atoms with Gasteiger partial charge in [-0.3, -0.25) is 0 Å². The van der Waals surface area contributed by atoms with Gasteiger partial charge in [-0.25, -0.2) is 0 Å². The molecule has 0 aliphatic carbocycles. The van der Waals surface area contributed by atoms with Crippen LogP contribution in [-0.2, 0) is 4.79 Å².